The number of benzene rings is 1. The van der Waals surface area contributed by atoms with Crippen molar-refractivity contribution in [1.82, 2.24) is 4.98 Å². The first-order valence-electron chi connectivity index (χ1n) is 6.00. The van der Waals surface area contributed by atoms with Gasteiger partial charge in [0.05, 0.1) is 12.8 Å². The van der Waals surface area contributed by atoms with E-state index >= 15 is 0 Å². The molecule has 2 N–H and O–H groups in total. The number of nitrogens with zero attached hydrogens (tertiary/aromatic N) is 1. The SMILES string of the molecule is COc1ccc(C(=O)c2ccnc(CN)c2)c(C)c1. The highest BCUT2D eigenvalue weighted by atomic mass is 16.5. The Bertz CT molecular complexity index is 609. The van der Waals surface area contributed by atoms with Crippen molar-refractivity contribution in [3.05, 3.63) is 58.9 Å². The number of nitrogens with two attached hydrogens (primary N) is 1. The van der Waals surface area contributed by atoms with Gasteiger partial charge in [0.1, 0.15) is 5.75 Å². The number of hydrogen-bond donors (Lipinski definition) is 1. The molecule has 0 aliphatic rings. The summed E-state index contributed by atoms with van der Waals surface area (Å²) in [6, 6.07) is 8.83. The van der Waals surface area contributed by atoms with Gasteiger partial charge in [0.15, 0.2) is 5.78 Å². The van der Waals surface area contributed by atoms with Crippen LogP contribution in [0, 0.1) is 6.92 Å². The summed E-state index contributed by atoms with van der Waals surface area (Å²) < 4.78 is 5.13. The van der Waals surface area contributed by atoms with Crippen LogP contribution in [0.2, 0.25) is 0 Å². The Labute approximate surface area is 112 Å². The Balaban J connectivity index is 2.38. The van der Waals surface area contributed by atoms with Crippen molar-refractivity contribution in [3.8, 4) is 5.75 Å². The predicted octanol–water partition coefficient (Wildman–Crippen LogP) is 2.09. The molecule has 0 fully saturated rings. The summed E-state index contributed by atoms with van der Waals surface area (Å²) in [4.78, 5) is 16.5. The zero-order valence-electron chi connectivity index (χ0n) is 11.0. The second-order valence-corrected chi connectivity index (χ2v) is 4.25. The van der Waals surface area contributed by atoms with E-state index in [9.17, 15) is 4.79 Å². The van der Waals surface area contributed by atoms with E-state index in [2.05, 4.69) is 4.98 Å². The minimum Gasteiger partial charge on any atom is -0.497 e. The predicted molar refractivity (Wildman–Crippen MR) is 73.3 cm³/mol. The second kappa shape index (κ2) is 5.63. The minimum atomic E-state index is -0.0303. The summed E-state index contributed by atoms with van der Waals surface area (Å²) >= 11 is 0. The molecular formula is C15H16N2O2. The number of pyridine rings is 1. The average molecular weight is 256 g/mol. The monoisotopic (exact) mass is 256 g/mol. The van der Waals surface area contributed by atoms with Crippen molar-refractivity contribution in [2.24, 2.45) is 5.73 Å². The quantitative estimate of drug-likeness (QED) is 0.851. The van der Waals surface area contributed by atoms with Gasteiger partial charge in [-0.25, -0.2) is 0 Å². The number of ketones is 1. The lowest BCUT2D eigenvalue weighted by Gasteiger charge is -2.08. The van der Waals surface area contributed by atoms with Crippen LogP contribution in [-0.4, -0.2) is 17.9 Å². The van der Waals surface area contributed by atoms with E-state index in [1.807, 2.05) is 13.0 Å². The van der Waals surface area contributed by atoms with Gasteiger partial charge in [0.25, 0.3) is 0 Å². The molecular weight excluding hydrogens is 240 g/mol. The van der Waals surface area contributed by atoms with E-state index in [-0.39, 0.29) is 5.78 Å². The molecule has 0 aliphatic carbocycles. The fraction of sp³-hybridized carbons (Fsp3) is 0.200. The van der Waals surface area contributed by atoms with Crippen LogP contribution in [-0.2, 0) is 6.54 Å². The van der Waals surface area contributed by atoms with Gasteiger partial charge in [-0.15, -0.1) is 0 Å². The summed E-state index contributed by atoms with van der Waals surface area (Å²) in [6.07, 6.45) is 1.61. The highest BCUT2D eigenvalue weighted by Crippen LogP contribution is 2.19. The molecule has 4 heteroatoms. The lowest BCUT2D eigenvalue weighted by molar-refractivity contribution is 0.103. The van der Waals surface area contributed by atoms with Crippen LogP contribution in [0.3, 0.4) is 0 Å². The number of carbonyl (C=O) groups excluding carboxylic acids is 1. The first-order chi connectivity index (χ1) is 9.15. The summed E-state index contributed by atoms with van der Waals surface area (Å²) in [5, 5.41) is 0. The Kier molecular flexibility index (Phi) is 3.92. The molecule has 0 saturated heterocycles. The maximum atomic E-state index is 12.4. The minimum absolute atomic E-state index is 0.0303. The molecule has 1 aromatic heterocycles. The summed E-state index contributed by atoms with van der Waals surface area (Å²) in [5.74, 6) is 0.712. The number of methoxy groups -OCH3 is 1. The molecule has 4 nitrogen and oxygen atoms in total. The van der Waals surface area contributed by atoms with Crippen molar-refractivity contribution in [1.29, 1.82) is 0 Å². The van der Waals surface area contributed by atoms with Crippen LogP contribution in [0.15, 0.2) is 36.5 Å². The molecule has 0 amide bonds. The Morgan fingerprint density at radius 1 is 1.32 bits per heavy atom. The molecule has 0 saturated carbocycles. The standard InChI is InChI=1S/C15H16N2O2/c1-10-7-13(19-2)3-4-14(10)15(18)11-5-6-17-12(8-11)9-16/h3-8H,9,16H2,1-2H3. The molecule has 0 aliphatic heterocycles. The van der Waals surface area contributed by atoms with Gasteiger partial charge in [0.2, 0.25) is 0 Å². The fourth-order valence-corrected chi connectivity index (χ4v) is 1.90. The topological polar surface area (TPSA) is 65.2 Å². The van der Waals surface area contributed by atoms with Gasteiger partial charge in [0, 0.05) is 23.9 Å². The van der Waals surface area contributed by atoms with E-state index in [0.29, 0.717) is 23.4 Å². The Hall–Kier alpha value is -2.20. The second-order valence-electron chi connectivity index (χ2n) is 4.25. The highest BCUT2D eigenvalue weighted by molar-refractivity contribution is 6.09. The fourth-order valence-electron chi connectivity index (χ4n) is 1.90. The first-order valence-corrected chi connectivity index (χ1v) is 6.00. The van der Waals surface area contributed by atoms with Crippen LogP contribution in [0.1, 0.15) is 27.2 Å². The molecule has 2 rings (SSSR count). The van der Waals surface area contributed by atoms with Crippen molar-refractivity contribution >= 4 is 5.78 Å². The zero-order valence-corrected chi connectivity index (χ0v) is 11.0. The van der Waals surface area contributed by atoms with Crippen LogP contribution in [0.4, 0.5) is 0 Å². The molecule has 1 heterocycles. The molecule has 0 bridgehead atoms. The molecule has 2 aromatic rings. The number of rotatable bonds is 4. The Morgan fingerprint density at radius 2 is 2.11 bits per heavy atom. The van der Waals surface area contributed by atoms with Gasteiger partial charge >= 0.3 is 0 Å². The first kappa shape index (κ1) is 13.2. The summed E-state index contributed by atoms with van der Waals surface area (Å²) in [6.45, 7) is 2.21. The lowest BCUT2D eigenvalue weighted by atomic mass is 9.99. The number of ether oxygens (including phenoxy) is 1. The summed E-state index contributed by atoms with van der Waals surface area (Å²) in [7, 11) is 1.60. The van der Waals surface area contributed by atoms with Gasteiger partial charge in [-0.2, -0.15) is 0 Å². The van der Waals surface area contributed by atoms with E-state index in [1.54, 1.807) is 37.6 Å². The van der Waals surface area contributed by atoms with Crippen LogP contribution in [0.25, 0.3) is 0 Å². The largest absolute Gasteiger partial charge is 0.497 e. The Morgan fingerprint density at radius 3 is 2.74 bits per heavy atom. The third-order valence-electron chi connectivity index (χ3n) is 2.97. The molecule has 98 valence electrons. The molecule has 0 spiro atoms. The summed E-state index contributed by atoms with van der Waals surface area (Å²) in [5.41, 5.74) is 8.39. The van der Waals surface area contributed by atoms with Gasteiger partial charge < -0.3 is 10.5 Å². The maximum absolute atomic E-state index is 12.4. The van der Waals surface area contributed by atoms with Crippen molar-refractivity contribution in [2.75, 3.05) is 7.11 Å². The van der Waals surface area contributed by atoms with Crippen molar-refractivity contribution in [3.63, 3.8) is 0 Å². The number of aryl methyl sites for hydroxylation is 1. The number of aromatic nitrogens is 1. The van der Waals surface area contributed by atoms with E-state index in [0.717, 1.165) is 11.3 Å². The lowest BCUT2D eigenvalue weighted by Crippen LogP contribution is -2.07. The zero-order chi connectivity index (χ0) is 13.8. The number of carbonyl (C=O) groups is 1. The molecule has 19 heavy (non-hydrogen) atoms. The van der Waals surface area contributed by atoms with E-state index in [4.69, 9.17) is 10.5 Å². The van der Waals surface area contributed by atoms with Crippen molar-refractivity contribution < 1.29 is 9.53 Å². The van der Waals surface area contributed by atoms with E-state index < -0.39 is 0 Å². The third-order valence-corrected chi connectivity index (χ3v) is 2.97. The normalized spacial score (nSPS) is 10.3. The van der Waals surface area contributed by atoms with E-state index in [1.165, 1.54) is 0 Å². The van der Waals surface area contributed by atoms with Gasteiger partial charge in [-0.1, -0.05) is 0 Å². The average Bonchev–Trinajstić information content (AvgIpc) is 2.46. The molecule has 0 radical (unpaired) electrons. The molecule has 0 atom stereocenters. The van der Waals surface area contributed by atoms with Crippen LogP contribution >= 0.6 is 0 Å². The number of hydrogen-bond acceptors (Lipinski definition) is 4. The molecule has 1 aromatic carbocycles. The highest BCUT2D eigenvalue weighted by Gasteiger charge is 2.12. The van der Waals surface area contributed by atoms with Gasteiger partial charge in [-0.3, -0.25) is 9.78 Å². The van der Waals surface area contributed by atoms with Crippen LogP contribution < -0.4 is 10.5 Å². The third kappa shape index (κ3) is 2.80. The molecule has 0 unspecified atom stereocenters. The van der Waals surface area contributed by atoms with Gasteiger partial charge in [-0.05, 0) is 42.8 Å². The van der Waals surface area contributed by atoms with Crippen LogP contribution in [0.5, 0.6) is 5.75 Å². The maximum Gasteiger partial charge on any atom is 0.193 e. The van der Waals surface area contributed by atoms with Crippen molar-refractivity contribution in [2.45, 2.75) is 13.5 Å². The smallest absolute Gasteiger partial charge is 0.193 e.